The summed E-state index contributed by atoms with van der Waals surface area (Å²) in [6.45, 7) is 4.98. The average Bonchev–Trinajstić information content (AvgIpc) is 2.38. The van der Waals surface area contributed by atoms with Gasteiger partial charge in [0.25, 0.3) is 5.91 Å². The molecule has 1 aliphatic heterocycles. The number of methoxy groups -OCH3 is 1. The molecule has 1 unspecified atom stereocenters. The molecule has 0 radical (unpaired) electrons. The molecule has 0 spiro atoms. The number of aromatic amines is 1. The molecular weight excluding hydrogens is 244 g/mol. The van der Waals surface area contributed by atoms with Crippen LogP contribution in [0.2, 0.25) is 0 Å². The van der Waals surface area contributed by atoms with E-state index < -0.39 is 0 Å². The summed E-state index contributed by atoms with van der Waals surface area (Å²) in [7, 11) is 1.66. The SMILES string of the molecule is COC1(C)CCCN(C(=O)c2c[nH]c(C)cc2=O)C1. The van der Waals surface area contributed by atoms with Crippen molar-refractivity contribution in [3.63, 3.8) is 0 Å². The standard InChI is InChI=1S/C14H20N2O3/c1-10-7-12(17)11(8-15-10)13(18)16-6-4-5-14(2,9-16)19-3/h7-8H,4-6,9H2,1-3H3,(H,15,17). The molecule has 104 valence electrons. The fourth-order valence-corrected chi connectivity index (χ4v) is 2.46. The summed E-state index contributed by atoms with van der Waals surface area (Å²) in [5.74, 6) is -0.218. The van der Waals surface area contributed by atoms with Gasteiger partial charge in [-0.3, -0.25) is 9.59 Å². The lowest BCUT2D eigenvalue weighted by atomic mass is 9.94. The number of hydrogen-bond donors (Lipinski definition) is 1. The van der Waals surface area contributed by atoms with Crippen molar-refractivity contribution < 1.29 is 9.53 Å². The van der Waals surface area contributed by atoms with Crippen LogP contribution < -0.4 is 5.43 Å². The first kappa shape index (κ1) is 13.8. The summed E-state index contributed by atoms with van der Waals surface area (Å²) in [5.41, 5.74) is 0.407. The second-order valence-electron chi connectivity index (χ2n) is 5.38. The minimum absolute atomic E-state index is 0.200. The summed E-state index contributed by atoms with van der Waals surface area (Å²) in [6.07, 6.45) is 3.32. The van der Waals surface area contributed by atoms with Crippen molar-refractivity contribution >= 4 is 5.91 Å². The number of nitrogens with zero attached hydrogens (tertiary/aromatic N) is 1. The summed E-state index contributed by atoms with van der Waals surface area (Å²) in [6, 6.07) is 1.45. The van der Waals surface area contributed by atoms with Gasteiger partial charge in [0.05, 0.1) is 5.60 Å². The number of rotatable bonds is 2. The van der Waals surface area contributed by atoms with Crippen molar-refractivity contribution in [2.24, 2.45) is 0 Å². The van der Waals surface area contributed by atoms with Crippen molar-refractivity contribution in [1.82, 2.24) is 9.88 Å². The van der Waals surface area contributed by atoms with E-state index >= 15 is 0 Å². The highest BCUT2D eigenvalue weighted by atomic mass is 16.5. The molecular formula is C14H20N2O3. The molecule has 1 N–H and O–H groups in total. The van der Waals surface area contributed by atoms with Crippen LogP contribution in [0.25, 0.3) is 0 Å². The second-order valence-corrected chi connectivity index (χ2v) is 5.38. The number of amides is 1. The van der Waals surface area contributed by atoms with Gasteiger partial charge in [-0.05, 0) is 26.7 Å². The van der Waals surface area contributed by atoms with Crippen LogP contribution in [-0.4, -0.2) is 41.6 Å². The number of pyridine rings is 1. The first-order chi connectivity index (χ1) is 8.95. The fraction of sp³-hybridized carbons (Fsp3) is 0.571. The summed E-state index contributed by atoms with van der Waals surface area (Å²) in [5, 5.41) is 0. The van der Waals surface area contributed by atoms with Crippen molar-refractivity contribution in [3.8, 4) is 0 Å². The fourth-order valence-electron chi connectivity index (χ4n) is 2.46. The lowest BCUT2D eigenvalue weighted by Gasteiger charge is -2.39. The van der Waals surface area contributed by atoms with Crippen molar-refractivity contribution in [3.05, 3.63) is 33.7 Å². The Hall–Kier alpha value is -1.62. The summed E-state index contributed by atoms with van der Waals surface area (Å²) >= 11 is 0. The van der Waals surface area contributed by atoms with Gasteiger partial charge >= 0.3 is 0 Å². The number of hydrogen-bond acceptors (Lipinski definition) is 3. The van der Waals surface area contributed by atoms with E-state index in [1.165, 1.54) is 12.3 Å². The van der Waals surface area contributed by atoms with E-state index in [-0.39, 0.29) is 22.5 Å². The van der Waals surface area contributed by atoms with E-state index in [4.69, 9.17) is 4.74 Å². The summed E-state index contributed by atoms with van der Waals surface area (Å²) in [4.78, 5) is 28.9. The molecule has 2 heterocycles. The van der Waals surface area contributed by atoms with E-state index in [1.54, 1.807) is 18.9 Å². The maximum atomic E-state index is 12.4. The molecule has 0 aromatic carbocycles. The van der Waals surface area contributed by atoms with E-state index in [1.807, 2.05) is 6.92 Å². The predicted octanol–water partition coefficient (Wildman–Crippen LogP) is 1.32. The zero-order valence-corrected chi connectivity index (χ0v) is 11.7. The van der Waals surface area contributed by atoms with Gasteiger partial charge in [-0.25, -0.2) is 0 Å². The van der Waals surface area contributed by atoms with Crippen LogP contribution in [-0.2, 0) is 4.74 Å². The number of carbonyl (C=O) groups excluding carboxylic acids is 1. The third-order valence-electron chi connectivity index (χ3n) is 3.73. The van der Waals surface area contributed by atoms with Crippen molar-refractivity contribution in [2.45, 2.75) is 32.3 Å². The minimum Gasteiger partial charge on any atom is -0.377 e. The zero-order valence-electron chi connectivity index (χ0n) is 11.7. The highest BCUT2D eigenvalue weighted by Gasteiger charge is 2.33. The number of aromatic nitrogens is 1. The van der Waals surface area contributed by atoms with Gasteiger partial charge in [-0.1, -0.05) is 0 Å². The molecule has 1 saturated heterocycles. The molecule has 1 amide bonds. The smallest absolute Gasteiger partial charge is 0.259 e. The Morgan fingerprint density at radius 2 is 2.26 bits per heavy atom. The lowest BCUT2D eigenvalue weighted by molar-refractivity contribution is -0.0440. The second kappa shape index (κ2) is 5.17. The number of ether oxygens (including phenoxy) is 1. The maximum Gasteiger partial charge on any atom is 0.259 e. The van der Waals surface area contributed by atoms with Gasteiger partial charge in [-0.15, -0.1) is 0 Å². The first-order valence-corrected chi connectivity index (χ1v) is 6.49. The van der Waals surface area contributed by atoms with E-state index in [9.17, 15) is 9.59 Å². The number of H-pyrrole nitrogens is 1. The number of piperidine rings is 1. The molecule has 0 saturated carbocycles. The molecule has 5 nitrogen and oxygen atoms in total. The van der Waals surface area contributed by atoms with Gasteiger partial charge in [0.2, 0.25) is 0 Å². The maximum absolute atomic E-state index is 12.4. The number of likely N-dealkylation sites (tertiary alicyclic amines) is 1. The van der Waals surface area contributed by atoms with Crippen LogP contribution in [0.3, 0.4) is 0 Å². The van der Waals surface area contributed by atoms with Gasteiger partial charge in [0, 0.05) is 38.2 Å². The van der Waals surface area contributed by atoms with Crippen LogP contribution in [0.4, 0.5) is 0 Å². The first-order valence-electron chi connectivity index (χ1n) is 6.49. The van der Waals surface area contributed by atoms with Crippen molar-refractivity contribution in [1.29, 1.82) is 0 Å². The molecule has 1 aromatic heterocycles. The molecule has 2 rings (SSSR count). The average molecular weight is 264 g/mol. The third-order valence-corrected chi connectivity index (χ3v) is 3.73. The van der Waals surface area contributed by atoms with Gasteiger partial charge in [0.1, 0.15) is 5.56 Å². The van der Waals surface area contributed by atoms with E-state index in [0.717, 1.165) is 18.5 Å². The summed E-state index contributed by atoms with van der Waals surface area (Å²) < 4.78 is 5.46. The monoisotopic (exact) mass is 264 g/mol. The molecule has 0 aliphatic carbocycles. The lowest BCUT2D eigenvalue weighted by Crippen LogP contribution is -2.50. The Kier molecular flexibility index (Phi) is 3.75. The Morgan fingerprint density at radius 3 is 2.89 bits per heavy atom. The van der Waals surface area contributed by atoms with Crippen molar-refractivity contribution in [2.75, 3.05) is 20.2 Å². The van der Waals surface area contributed by atoms with Crippen LogP contribution in [0, 0.1) is 6.92 Å². The van der Waals surface area contributed by atoms with E-state index in [2.05, 4.69) is 4.98 Å². The van der Waals surface area contributed by atoms with Gasteiger partial charge < -0.3 is 14.6 Å². The highest BCUT2D eigenvalue weighted by Crippen LogP contribution is 2.24. The van der Waals surface area contributed by atoms with Crippen LogP contribution in [0.15, 0.2) is 17.1 Å². The Balaban J connectivity index is 2.22. The minimum atomic E-state index is -0.314. The molecule has 5 heteroatoms. The van der Waals surface area contributed by atoms with Crippen LogP contribution >= 0.6 is 0 Å². The normalized spacial score (nSPS) is 23.4. The van der Waals surface area contributed by atoms with Crippen LogP contribution in [0.1, 0.15) is 35.8 Å². The zero-order chi connectivity index (χ0) is 14.0. The molecule has 1 atom stereocenters. The molecule has 19 heavy (non-hydrogen) atoms. The largest absolute Gasteiger partial charge is 0.377 e. The van der Waals surface area contributed by atoms with Gasteiger partial charge in [0.15, 0.2) is 5.43 Å². The van der Waals surface area contributed by atoms with Crippen LogP contribution in [0.5, 0.6) is 0 Å². The molecule has 0 bridgehead atoms. The number of nitrogens with one attached hydrogen (secondary N) is 1. The quantitative estimate of drug-likeness (QED) is 0.876. The Bertz CT molecular complexity index is 538. The highest BCUT2D eigenvalue weighted by molar-refractivity contribution is 5.94. The Labute approximate surface area is 112 Å². The van der Waals surface area contributed by atoms with E-state index in [0.29, 0.717) is 13.1 Å². The predicted molar refractivity (Wildman–Crippen MR) is 72.4 cm³/mol. The third kappa shape index (κ3) is 2.87. The number of aryl methyl sites for hydroxylation is 1. The topological polar surface area (TPSA) is 62.4 Å². The number of carbonyl (C=O) groups is 1. The molecule has 1 fully saturated rings. The van der Waals surface area contributed by atoms with Gasteiger partial charge in [-0.2, -0.15) is 0 Å². The molecule has 1 aliphatic rings. The molecule has 1 aromatic rings. The Morgan fingerprint density at radius 1 is 1.53 bits per heavy atom.